The molecule has 10 heteroatoms. The van der Waals surface area contributed by atoms with E-state index in [0.717, 1.165) is 12.8 Å². The van der Waals surface area contributed by atoms with Gasteiger partial charge in [-0.25, -0.2) is 9.37 Å². The lowest BCUT2D eigenvalue weighted by Gasteiger charge is -2.12. The summed E-state index contributed by atoms with van der Waals surface area (Å²) in [6.07, 6.45) is 5.08. The van der Waals surface area contributed by atoms with Crippen LogP contribution in [0.2, 0.25) is 0 Å². The fourth-order valence-corrected chi connectivity index (χ4v) is 3.79. The minimum Gasteiger partial charge on any atom is -0.383 e. The van der Waals surface area contributed by atoms with Gasteiger partial charge in [-0.2, -0.15) is 4.68 Å². The van der Waals surface area contributed by atoms with Crippen LogP contribution in [0, 0.1) is 5.82 Å². The molecular weight excluding hydrogens is 379 g/mol. The average molecular weight is 398 g/mol. The lowest BCUT2D eigenvalue weighted by molar-refractivity contribution is 0.108. The summed E-state index contributed by atoms with van der Waals surface area (Å²) < 4.78 is 29.3. The molecule has 0 bridgehead atoms. The highest BCUT2D eigenvalue weighted by atomic mass is 19.1. The summed E-state index contributed by atoms with van der Waals surface area (Å²) in [5, 5.41) is 8.36. The molecular formula is C19H19FN6O3. The van der Waals surface area contributed by atoms with Crippen LogP contribution in [-0.4, -0.2) is 49.3 Å². The van der Waals surface area contributed by atoms with Crippen molar-refractivity contribution in [3.05, 3.63) is 52.6 Å². The van der Waals surface area contributed by atoms with Gasteiger partial charge in [-0.1, -0.05) is 5.21 Å². The number of fused-ring (bicyclic) bond motifs is 3. The van der Waals surface area contributed by atoms with E-state index >= 15 is 0 Å². The molecule has 0 N–H and O–H groups in total. The van der Waals surface area contributed by atoms with Crippen molar-refractivity contribution >= 4 is 16.6 Å². The van der Waals surface area contributed by atoms with Crippen molar-refractivity contribution in [2.45, 2.75) is 25.5 Å². The Morgan fingerprint density at radius 3 is 3.03 bits per heavy atom. The van der Waals surface area contributed by atoms with Gasteiger partial charge in [-0.15, -0.1) is 5.10 Å². The molecule has 1 aromatic carbocycles. The van der Waals surface area contributed by atoms with E-state index in [1.54, 1.807) is 30.1 Å². The highest BCUT2D eigenvalue weighted by molar-refractivity contribution is 5.81. The number of rotatable bonds is 5. The molecule has 1 aliphatic heterocycles. The van der Waals surface area contributed by atoms with E-state index in [2.05, 4.69) is 15.3 Å². The maximum atomic E-state index is 13.9. The first-order valence-corrected chi connectivity index (χ1v) is 9.39. The van der Waals surface area contributed by atoms with Crippen molar-refractivity contribution in [1.29, 1.82) is 0 Å². The van der Waals surface area contributed by atoms with Gasteiger partial charge in [0.25, 0.3) is 5.56 Å². The summed E-state index contributed by atoms with van der Waals surface area (Å²) in [7, 11) is 1.55. The van der Waals surface area contributed by atoms with Crippen LogP contribution in [0.5, 0.6) is 0 Å². The first-order valence-electron chi connectivity index (χ1n) is 9.39. The summed E-state index contributed by atoms with van der Waals surface area (Å²) in [5.74, 6) is -0.0515. The third-order valence-electron chi connectivity index (χ3n) is 5.19. The smallest absolute Gasteiger partial charge is 0.279 e. The van der Waals surface area contributed by atoms with Crippen LogP contribution in [0.15, 0.2) is 35.5 Å². The van der Waals surface area contributed by atoms with Crippen molar-refractivity contribution in [2.75, 3.05) is 20.3 Å². The molecule has 4 aromatic rings. The summed E-state index contributed by atoms with van der Waals surface area (Å²) >= 11 is 0. The third-order valence-corrected chi connectivity index (χ3v) is 5.19. The number of imidazole rings is 1. The number of hydrogen-bond donors (Lipinski definition) is 0. The zero-order valence-electron chi connectivity index (χ0n) is 15.8. The Labute approximate surface area is 164 Å². The molecule has 1 unspecified atom stereocenters. The molecule has 0 aliphatic carbocycles. The maximum Gasteiger partial charge on any atom is 0.279 e. The van der Waals surface area contributed by atoms with E-state index in [0.29, 0.717) is 41.3 Å². The molecule has 0 radical (unpaired) electrons. The lowest BCUT2D eigenvalue weighted by atomic mass is 10.2. The van der Waals surface area contributed by atoms with Crippen molar-refractivity contribution < 1.29 is 13.9 Å². The van der Waals surface area contributed by atoms with Crippen LogP contribution < -0.4 is 5.56 Å². The van der Waals surface area contributed by atoms with Gasteiger partial charge in [0.2, 0.25) is 0 Å². The SMILES string of the molecule is COCCn1c(=O)c2c(-n3cc(C4CCCO4)nn3)ncn2c2ccc(F)cc21. The molecule has 29 heavy (non-hydrogen) atoms. The molecule has 4 heterocycles. The molecule has 1 fully saturated rings. The monoisotopic (exact) mass is 398 g/mol. The van der Waals surface area contributed by atoms with Crippen molar-refractivity contribution in [3.63, 3.8) is 0 Å². The number of halogens is 1. The van der Waals surface area contributed by atoms with Crippen LogP contribution >= 0.6 is 0 Å². The van der Waals surface area contributed by atoms with Gasteiger partial charge in [0.05, 0.1) is 23.8 Å². The maximum absolute atomic E-state index is 13.9. The van der Waals surface area contributed by atoms with E-state index < -0.39 is 5.82 Å². The number of ether oxygens (including phenoxy) is 2. The highest BCUT2D eigenvalue weighted by Gasteiger charge is 2.23. The van der Waals surface area contributed by atoms with E-state index in [9.17, 15) is 9.18 Å². The van der Waals surface area contributed by atoms with E-state index in [1.807, 2.05) is 0 Å². The second-order valence-electron chi connectivity index (χ2n) is 6.96. The molecule has 0 spiro atoms. The summed E-state index contributed by atoms with van der Waals surface area (Å²) in [4.78, 5) is 17.7. The Bertz CT molecular complexity index is 1250. The third kappa shape index (κ3) is 2.91. The molecule has 5 rings (SSSR count). The number of methoxy groups -OCH3 is 1. The fourth-order valence-electron chi connectivity index (χ4n) is 3.79. The standard InChI is InChI=1S/C19H19FN6O3/c1-28-8-6-24-15-9-12(20)4-5-14(15)25-11-21-18(17(25)19(24)27)26-10-13(22-23-26)16-3-2-7-29-16/h4-5,9-11,16H,2-3,6-8H2,1H3. The Morgan fingerprint density at radius 1 is 1.34 bits per heavy atom. The lowest BCUT2D eigenvalue weighted by Crippen LogP contribution is -2.25. The van der Waals surface area contributed by atoms with Crippen LogP contribution in [0.25, 0.3) is 22.4 Å². The number of hydrogen-bond acceptors (Lipinski definition) is 6. The molecule has 1 atom stereocenters. The first kappa shape index (κ1) is 18.0. The fraction of sp³-hybridized carbons (Fsp3) is 0.368. The second-order valence-corrected chi connectivity index (χ2v) is 6.96. The summed E-state index contributed by atoms with van der Waals surface area (Å²) in [6, 6.07) is 4.33. The Balaban J connectivity index is 1.72. The Hall–Kier alpha value is -3.11. The van der Waals surface area contributed by atoms with Crippen molar-refractivity contribution in [2.24, 2.45) is 0 Å². The number of aromatic nitrogens is 6. The summed E-state index contributed by atoms with van der Waals surface area (Å²) in [5.41, 5.74) is 1.88. The molecule has 0 amide bonds. The Kier molecular flexibility index (Phi) is 4.36. The molecule has 150 valence electrons. The van der Waals surface area contributed by atoms with E-state index in [1.165, 1.54) is 21.4 Å². The van der Waals surface area contributed by atoms with Gasteiger partial charge >= 0.3 is 0 Å². The predicted molar refractivity (Wildman–Crippen MR) is 102 cm³/mol. The van der Waals surface area contributed by atoms with Crippen molar-refractivity contribution in [1.82, 2.24) is 28.9 Å². The number of benzene rings is 1. The Morgan fingerprint density at radius 2 is 2.24 bits per heavy atom. The van der Waals surface area contributed by atoms with Gasteiger partial charge in [0.1, 0.15) is 23.9 Å². The predicted octanol–water partition coefficient (Wildman–Crippen LogP) is 1.87. The van der Waals surface area contributed by atoms with Crippen LogP contribution in [0.1, 0.15) is 24.6 Å². The first-order chi connectivity index (χ1) is 14.2. The molecule has 1 aliphatic rings. The van der Waals surface area contributed by atoms with Crippen LogP contribution in [0.4, 0.5) is 4.39 Å². The average Bonchev–Trinajstić information content (AvgIpc) is 3.46. The highest BCUT2D eigenvalue weighted by Crippen LogP contribution is 2.27. The van der Waals surface area contributed by atoms with Crippen LogP contribution in [-0.2, 0) is 16.0 Å². The largest absolute Gasteiger partial charge is 0.383 e. The number of nitrogens with zero attached hydrogens (tertiary/aromatic N) is 6. The molecule has 9 nitrogen and oxygen atoms in total. The van der Waals surface area contributed by atoms with Gasteiger partial charge < -0.3 is 14.0 Å². The topological polar surface area (TPSA) is 88.5 Å². The van der Waals surface area contributed by atoms with Gasteiger partial charge in [0, 0.05) is 20.3 Å². The normalized spacial score (nSPS) is 17.0. The minimum atomic E-state index is -0.416. The second kappa shape index (κ2) is 7.05. The van der Waals surface area contributed by atoms with Crippen molar-refractivity contribution in [3.8, 4) is 5.82 Å². The zero-order valence-corrected chi connectivity index (χ0v) is 15.8. The van der Waals surface area contributed by atoms with E-state index in [-0.39, 0.29) is 18.2 Å². The minimum absolute atomic E-state index is 0.0835. The van der Waals surface area contributed by atoms with Gasteiger partial charge in [-0.3, -0.25) is 9.20 Å². The van der Waals surface area contributed by atoms with E-state index in [4.69, 9.17) is 9.47 Å². The zero-order chi connectivity index (χ0) is 20.0. The quantitative estimate of drug-likeness (QED) is 0.510. The molecule has 0 saturated carbocycles. The van der Waals surface area contributed by atoms with Gasteiger partial charge in [-0.05, 0) is 31.0 Å². The van der Waals surface area contributed by atoms with Crippen LogP contribution in [0.3, 0.4) is 0 Å². The molecule has 3 aromatic heterocycles. The summed E-state index contributed by atoms with van der Waals surface area (Å²) in [6.45, 7) is 1.31. The van der Waals surface area contributed by atoms with Gasteiger partial charge in [0.15, 0.2) is 11.3 Å². The molecule has 1 saturated heterocycles.